The molecule has 1 N–H and O–H groups in total. The van der Waals surface area contributed by atoms with Crippen LogP contribution in [0.15, 0.2) is 64.4 Å². The molecule has 9 nitrogen and oxygen atoms in total. The Balaban J connectivity index is 1.20. The van der Waals surface area contributed by atoms with Crippen molar-refractivity contribution in [3.63, 3.8) is 0 Å². The van der Waals surface area contributed by atoms with Crippen molar-refractivity contribution in [1.82, 2.24) is 24.2 Å². The van der Waals surface area contributed by atoms with Crippen molar-refractivity contribution in [3.05, 3.63) is 66.5 Å². The number of fused-ring (bicyclic) bond motifs is 1. The SMILES string of the molecule is Cc1nc(-c2ccc(S(=O)(=O)N3CCN(C[C@H](C)Nc4ncnc5c(C(C)(F)F)cccc45)CC3)cc2)co1. The van der Waals surface area contributed by atoms with E-state index in [9.17, 15) is 17.2 Å². The Bertz CT molecular complexity index is 1560. The fourth-order valence-electron chi connectivity index (χ4n) is 4.82. The standard InChI is InChI=1S/C27H30F2N6O3S/c1-18(32-26-22-5-4-6-23(27(3,28)29)25(22)30-17-31-26)15-34-11-13-35(14-12-34)39(36,37)21-9-7-20(8-10-21)24-16-38-19(2)33-24/h4-10,16-18H,11-15H2,1-3H3,(H,30,31,32)/t18-/m0/s1. The lowest BCUT2D eigenvalue weighted by Crippen LogP contribution is -2.50. The highest BCUT2D eigenvalue weighted by Gasteiger charge is 2.30. The van der Waals surface area contributed by atoms with E-state index in [0.717, 1.165) is 12.5 Å². The van der Waals surface area contributed by atoms with Gasteiger partial charge < -0.3 is 9.73 Å². The number of halogens is 2. The maximum atomic E-state index is 14.1. The lowest BCUT2D eigenvalue weighted by atomic mass is 10.1. The first kappa shape index (κ1) is 27.1. The van der Waals surface area contributed by atoms with Crippen LogP contribution in [-0.2, 0) is 15.9 Å². The highest BCUT2D eigenvalue weighted by Crippen LogP contribution is 2.33. The van der Waals surface area contributed by atoms with Gasteiger partial charge in [-0.05, 0) is 25.1 Å². The third-order valence-corrected chi connectivity index (χ3v) is 8.70. The Kier molecular flexibility index (Phi) is 7.36. The molecule has 5 rings (SSSR count). The number of hydrogen-bond acceptors (Lipinski definition) is 8. The van der Waals surface area contributed by atoms with Gasteiger partial charge in [-0.2, -0.15) is 4.31 Å². The number of oxazole rings is 1. The minimum Gasteiger partial charge on any atom is -0.449 e. The molecule has 12 heteroatoms. The topological polar surface area (TPSA) is 104 Å². The second-order valence-electron chi connectivity index (χ2n) is 9.84. The number of nitrogens with one attached hydrogen (secondary N) is 1. The molecular formula is C27H30F2N6O3S. The molecule has 0 aliphatic carbocycles. The molecule has 0 bridgehead atoms. The molecule has 0 radical (unpaired) electrons. The number of anilines is 1. The van der Waals surface area contributed by atoms with Gasteiger partial charge in [0.25, 0.3) is 5.92 Å². The van der Waals surface area contributed by atoms with Crippen molar-refractivity contribution in [3.8, 4) is 11.3 Å². The van der Waals surface area contributed by atoms with Crippen LogP contribution in [0.2, 0.25) is 0 Å². The minimum atomic E-state index is -3.63. The molecule has 1 aliphatic heterocycles. The summed E-state index contributed by atoms with van der Waals surface area (Å²) < 4.78 is 61.3. The van der Waals surface area contributed by atoms with E-state index in [2.05, 4.69) is 25.2 Å². The van der Waals surface area contributed by atoms with Gasteiger partial charge in [0.1, 0.15) is 24.1 Å². The van der Waals surface area contributed by atoms with Crippen LogP contribution in [0.4, 0.5) is 14.6 Å². The van der Waals surface area contributed by atoms with Crippen molar-refractivity contribution in [2.75, 3.05) is 38.0 Å². The van der Waals surface area contributed by atoms with Gasteiger partial charge in [0.15, 0.2) is 5.89 Å². The molecule has 0 unspecified atom stereocenters. The molecule has 0 saturated carbocycles. The van der Waals surface area contributed by atoms with E-state index < -0.39 is 15.9 Å². The van der Waals surface area contributed by atoms with E-state index in [-0.39, 0.29) is 22.0 Å². The zero-order valence-electron chi connectivity index (χ0n) is 21.9. The third kappa shape index (κ3) is 5.77. The summed E-state index contributed by atoms with van der Waals surface area (Å²) in [5.41, 5.74) is 1.52. The second-order valence-corrected chi connectivity index (χ2v) is 11.8. The minimum absolute atomic E-state index is 0.0650. The highest BCUT2D eigenvalue weighted by atomic mass is 32.2. The summed E-state index contributed by atoms with van der Waals surface area (Å²) in [5, 5.41) is 3.85. The smallest absolute Gasteiger partial charge is 0.272 e. The van der Waals surface area contributed by atoms with Crippen molar-refractivity contribution >= 4 is 26.7 Å². The van der Waals surface area contributed by atoms with E-state index in [0.29, 0.717) is 55.5 Å². The fraction of sp³-hybridized carbons (Fsp3) is 0.370. The first-order chi connectivity index (χ1) is 18.5. The molecule has 1 fully saturated rings. The van der Waals surface area contributed by atoms with Gasteiger partial charge in [-0.1, -0.05) is 24.3 Å². The number of para-hydroxylation sites is 1. The number of aromatic nitrogens is 3. The molecule has 206 valence electrons. The first-order valence-electron chi connectivity index (χ1n) is 12.7. The summed E-state index contributed by atoms with van der Waals surface area (Å²) in [6.07, 6.45) is 2.83. The molecule has 0 amide bonds. The molecule has 0 spiro atoms. The summed E-state index contributed by atoms with van der Waals surface area (Å²) in [7, 11) is -3.63. The normalized spacial score (nSPS) is 16.4. The molecule has 2 aromatic heterocycles. The number of benzene rings is 2. The summed E-state index contributed by atoms with van der Waals surface area (Å²) in [4.78, 5) is 15.1. The number of sulfonamides is 1. The van der Waals surface area contributed by atoms with Gasteiger partial charge in [-0.25, -0.2) is 32.2 Å². The van der Waals surface area contributed by atoms with Gasteiger partial charge in [0.2, 0.25) is 10.0 Å². The second kappa shape index (κ2) is 10.6. The van der Waals surface area contributed by atoms with E-state index in [1.807, 2.05) is 6.92 Å². The average Bonchev–Trinajstić information content (AvgIpc) is 3.34. The van der Waals surface area contributed by atoms with Crippen molar-refractivity contribution in [2.24, 2.45) is 0 Å². The number of piperazine rings is 1. The molecule has 4 aromatic rings. The zero-order valence-corrected chi connectivity index (χ0v) is 22.8. The zero-order chi connectivity index (χ0) is 27.8. The van der Waals surface area contributed by atoms with Crippen LogP contribution < -0.4 is 5.32 Å². The van der Waals surface area contributed by atoms with Crippen LogP contribution in [0.3, 0.4) is 0 Å². The molecule has 2 aromatic carbocycles. The molecule has 39 heavy (non-hydrogen) atoms. The Labute approximate surface area is 225 Å². The number of rotatable bonds is 8. The Morgan fingerprint density at radius 1 is 1.08 bits per heavy atom. The lowest BCUT2D eigenvalue weighted by molar-refractivity contribution is 0.0189. The van der Waals surface area contributed by atoms with E-state index in [4.69, 9.17) is 4.42 Å². The maximum absolute atomic E-state index is 14.1. The Morgan fingerprint density at radius 2 is 1.79 bits per heavy atom. The molecule has 1 aliphatic rings. The largest absolute Gasteiger partial charge is 0.449 e. The van der Waals surface area contributed by atoms with Crippen LogP contribution in [0.25, 0.3) is 22.2 Å². The van der Waals surface area contributed by atoms with Gasteiger partial charge in [0.05, 0.1) is 10.4 Å². The Morgan fingerprint density at radius 3 is 2.44 bits per heavy atom. The van der Waals surface area contributed by atoms with Crippen LogP contribution in [0, 0.1) is 6.92 Å². The molecule has 3 heterocycles. The summed E-state index contributed by atoms with van der Waals surface area (Å²) in [5.74, 6) is -1.98. The average molecular weight is 557 g/mol. The van der Waals surface area contributed by atoms with Crippen LogP contribution in [0.1, 0.15) is 25.3 Å². The van der Waals surface area contributed by atoms with Crippen LogP contribution >= 0.6 is 0 Å². The Hall–Kier alpha value is -3.48. The van der Waals surface area contributed by atoms with Gasteiger partial charge in [-0.15, -0.1) is 0 Å². The van der Waals surface area contributed by atoms with Gasteiger partial charge in [-0.3, -0.25) is 4.90 Å². The van der Waals surface area contributed by atoms with Gasteiger partial charge >= 0.3 is 0 Å². The van der Waals surface area contributed by atoms with E-state index in [1.54, 1.807) is 49.6 Å². The predicted molar refractivity (Wildman–Crippen MR) is 144 cm³/mol. The highest BCUT2D eigenvalue weighted by molar-refractivity contribution is 7.89. The quantitative estimate of drug-likeness (QED) is 0.338. The van der Waals surface area contributed by atoms with Crippen LogP contribution in [-0.4, -0.2) is 71.3 Å². The molecule has 1 atom stereocenters. The maximum Gasteiger partial charge on any atom is 0.272 e. The summed E-state index contributed by atoms with van der Waals surface area (Å²) >= 11 is 0. The van der Waals surface area contributed by atoms with Crippen molar-refractivity contribution < 1.29 is 21.6 Å². The number of aryl methyl sites for hydroxylation is 1. The fourth-order valence-corrected chi connectivity index (χ4v) is 6.24. The number of nitrogens with zero attached hydrogens (tertiary/aromatic N) is 5. The van der Waals surface area contributed by atoms with Crippen molar-refractivity contribution in [1.29, 1.82) is 0 Å². The lowest BCUT2D eigenvalue weighted by Gasteiger charge is -2.35. The monoisotopic (exact) mass is 556 g/mol. The number of hydrogen-bond donors (Lipinski definition) is 1. The predicted octanol–water partition coefficient (Wildman–Crippen LogP) is 4.51. The summed E-state index contributed by atoms with van der Waals surface area (Å²) in [6.45, 7) is 7.09. The van der Waals surface area contributed by atoms with E-state index >= 15 is 0 Å². The van der Waals surface area contributed by atoms with Crippen LogP contribution in [0.5, 0.6) is 0 Å². The van der Waals surface area contributed by atoms with Crippen molar-refractivity contribution in [2.45, 2.75) is 37.6 Å². The first-order valence-corrected chi connectivity index (χ1v) is 14.1. The summed E-state index contributed by atoms with van der Waals surface area (Å²) in [6, 6.07) is 11.3. The third-order valence-electron chi connectivity index (χ3n) is 6.79. The molecular weight excluding hydrogens is 526 g/mol. The number of alkyl halides is 2. The van der Waals surface area contributed by atoms with Gasteiger partial charge in [0, 0.05) is 69.1 Å². The van der Waals surface area contributed by atoms with E-state index in [1.165, 1.54) is 16.7 Å². The molecule has 1 saturated heterocycles.